The number of carbonyl (C=O) groups is 3. The lowest BCUT2D eigenvalue weighted by Gasteiger charge is -2.20. The van der Waals surface area contributed by atoms with E-state index in [0.29, 0.717) is 18.8 Å². The number of nitrogens with zero attached hydrogens (tertiary/aromatic N) is 1. The Bertz CT molecular complexity index is 821. The molecule has 0 saturated carbocycles. The van der Waals surface area contributed by atoms with Crippen LogP contribution in [0, 0.1) is 0 Å². The number of hydrogen-bond donors (Lipinski definition) is 2. The number of carbonyl (C=O) groups excluding carboxylic acids is 3. The summed E-state index contributed by atoms with van der Waals surface area (Å²) in [6.45, 7) is 6.03. The second-order valence-corrected chi connectivity index (χ2v) is 6.65. The molecule has 2 N–H and O–H groups in total. The molecule has 0 heterocycles. The largest absolute Gasteiger partial charge is 0.349 e. The third-order valence-corrected chi connectivity index (χ3v) is 4.38. The van der Waals surface area contributed by atoms with Gasteiger partial charge >= 0.3 is 0 Å². The first-order valence-electron chi connectivity index (χ1n) is 9.35. The van der Waals surface area contributed by atoms with Gasteiger partial charge in [-0.2, -0.15) is 0 Å². The molecular formula is C22H27N3O3. The van der Waals surface area contributed by atoms with Gasteiger partial charge in [0.15, 0.2) is 0 Å². The zero-order valence-electron chi connectivity index (χ0n) is 16.6. The monoisotopic (exact) mass is 381 g/mol. The molecule has 6 nitrogen and oxygen atoms in total. The van der Waals surface area contributed by atoms with Gasteiger partial charge < -0.3 is 15.5 Å². The first-order valence-corrected chi connectivity index (χ1v) is 9.35. The summed E-state index contributed by atoms with van der Waals surface area (Å²) in [7, 11) is 0. The third kappa shape index (κ3) is 6.54. The van der Waals surface area contributed by atoms with Crippen LogP contribution in [0.2, 0.25) is 0 Å². The van der Waals surface area contributed by atoms with Crippen LogP contribution in [-0.4, -0.2) is 29.2 Å². The maximum Gasteiger partial charge on any atom is 0.226 e. The van der Waals surface area contributed by atoms with Gasteiger partial charge in [-0.25, -0.2) is 0 Å². The Hall–Kier alpha value is -3.15. The van der Waals surface area contributed by atoms with Gasteiger partial charge in [-0.05, 0) is 30.2 Å². The molecule has 0 aliphatic rings. The fourth-order valence-corrected chi connectivity index (χ4v) is 2.99. The molecule has 2 aromatic rings. The Labute approximate surface area is 165 Å². The van der Waals surface area contributed by atoms with Crippen molar-refractivity contribution in [2.45, 2.75) is 39.8 Å². The molecule has 0 aromatic heterocycles. The van der Waals surface area contributed by atoms with E-state index in [1.807, 2.05) is 55.5 Å². The predicted octanol–water partition coefficient (Wildman–Crippen LogP) is 3.26. The summed E-state index contributed by atoms with van der Waals surface area (Å²) >= 11 is 0. The highest BCUT2D eigenvalue weighted by atomic mass is 16.2. The van der Waals surface area contributed by atoms with Gasteiger partial charge in [-0.3, -0.25) is 14.4 Å². The molecule has 0 spiro atoms. The van der Waals surface area contributed by atoms with E-state index in [0.717, 1.165) is 11.1 Å². The molecule has 1 atom stereocenters. The van der Waals surface area contributed by atoms with E-state index < -0.39 is 6.04 Å². The minimum atomic E-state index is -0.393. The fourth-order valence-electron chi connectivity index (χ4n) is 2.99. The molecule has 0 saturated heterocycles. The van der Waals surface area contributed by atoms with Crippen LogP contribution in [0.1, 0.15) is 44.4 Å². The summed E-state index contributed by atoms with van der Waals surface area (Å²) in [6.07, 6.45) is 0.127. The molecule has 148 valence electrons. The second-order valence-electron chi connectivity index (χ2n) is 6.65. The van der Waals surface area contributed by atoms with Gasteiger partial charge in [-0.15, -0.1) is 0 Å². The number of amides is 3. The van der Waals surface area contributed by atoms with Crippen molar-refractivity contribution in [3.8, 4) is 0 Å². The highest BCUT2D eigenvalue weighted by Crippen LogP contribution is 2.19. The first kappa shape index (κ1) is 21.2. The van der Waals surface area contributed by atoms with Crippen LogP contribution >= 0.6 is 0 Å². The SMILES string of the molecule is CCN(Cc1cccc(NC(=O)CC(NC(C)=O)c2ccccc2)c1)C(C)=O. The van der Waals surface area contributed by atoms with Crippen molar-refractivity contribution >= 4 is 23.4 Å². The molecular weight excluding hydrogens is 354 g/mol. The van der Waals surface area contributed by atoms with Gasteiger partial charge in [-0.1, -0.05) is 42.5 Å². The molecule has 0 aliphatic carbocycles. The standard InChI is InChI=1S/C22H27N3O3/c1-4-25(17(3)27)15-18-9-8-12-20(13-18)24-22(28)14-21(23-16(2)26)19-10-6-5-7-11-19/h5-13,21H,4,14-15H2,1-3H3,(H,23,26)(H,24,28). The number of nitrogens with one attached hydrogen (secondary N) is 2. The maximum absolute atomic E-state index is 12.5. The van der Waals surface area contributed by atoms with Crippen molar-refractivity contribution in [1.29, 1.82) is 0 Å². The maximum atomic E-state index is 12.5. The van der Waals surface area contributed by atoms with Gasteiger partial charge in [0.05, 0.1) is 12.5 Å². The van der Waals surface area contributed by atoms with Crippen LogP contribution in [-0.2, 0) is 20.9 Å². The summed E-state index contributed by atoms with van der Waals surface area (Å²) in [5.74, 6) is -0.371. The molecule has 0 radical (unpaired) electrons. The van der Waals surface area contributed by atoms with E-state index in [-0.39, 0.29) is 24.1 Å². The molecule has 0 aliphatic heterocycles. The Kier molecular flexibility index (Phi) is 7.75. The van der Waals surface area contributed by atoms with Gasteiger partial charge in [0, 0.05) is 32.6 Å². The van der Waals surface area contributed by atoms with Crippen molar-refractivity contribution < 1.29 is 14.4 Å². The van der Waals surface area contributed by atoms with Crippen LogP contribution < -0.4 is 10.6 Å². The number of rotatable bonds is 8. The molecule has 0 bridgehead atoms. The fraction of sp³-hybridized carbons (Fsp3) is 0.318. The minimum Gasteiger partial charge on any atom is -0.349 e. The third-order valence-electron chi connectivity index (χ3n) is 4.38. The minimum absolute atomic E-state index is 0.0120. The van der Waals surface area contributed by atoms with Crippen LogP contribution in [0.5, 0.6) is 0 Å². The molecule has 1 unspecified atom stereocenters. The Morgan fingerprint density at radius 2 is 1.71 bits per heavy atom. The van der Waals surface area contributed by atoms with Crippen molar-refractivity contribution in [3.05, 3.63) is 65.7 Å². The topological polar surface area (TPSA) is 78.5 Å². The average Bonchev–Trinajstić information content (AvgIpc) is 2.66. The molecule has 2 rings (SSSR count). The van der Waals surface area contributed by atoms with Crippen molar-refractivity contribution in [2.24, 2.45) is 0 Å². The van der Waals surface area contributed by atoms with E-state index in [4.69, 9.17) is 0 Å². The molecule has 6 heteroatoms. The quantitative estimate of drug-likeness (QED) is 0.737. The first-order chi connectivity index (χ1) is 13.4. The normalized spacial score (nSPS) is 11.4. The predicted molar refractivity (Wildman–Crippen MR) is 109 cm³/mol. The molecule has 0 fully saturated rings. The molecule has 2 aromatic carbocycles. The summed E-state index contributed by atoms with van der Waals surface area (Å²) in [5.41, 5.74) is 2.48. The van der Waals surface area contributed by atoms with E-state index in [1.165, 1.54) is 6.92 Å². The molecule has 28 heavy (non-hydrogen) atoms. The highest BCUT2D eigenvalue weighted by molar-refractivity contribution is 5.91. The van der Waals surface area contributed by atoms with E-state index in [9.17, 15) is 14.4 Å². The van der Waals surface area contributed by atoms with Crippen LogP contribution in [0.3, 0.4) is 0 Å². The summed E-state index contributed by atoms with van der Waals surface area (Å²) < 4.78 is 0. The Morgan fingerprint density at radius 3 is 2.32 bits per heavy atom. The summed E-state index contributed by atoms with van der Waals surface area (Å²) in [6, 6.07) is 16.5. The highest BCUT2D eigenvalue weighted by Gasteiger charge is 2.17. The van der Waals surface area contributed by atoms with Crippen molar-refractivity contribution in [1.82, 2.24) is 10.2 Å². The van der Waals surface area contributed by atoms with E-state index >= 15 is 0 Å². The van der Waals surface area contributed by atoms with Crippen LogP contribution in [0.4, 0.5) is 5.69 Å². The summed E-state index contributed by atoms with van der Waals surface area (Å²) in [4.78, 5) is 37.4. The second kappa shape index (κ2) is 10.3. The van der Waals surface area contributed by atoms with E-state index in [1.54, 1.807) is 17.9 Å². The lowest BCUT2D eigenvalue weighted by atomic mass is 10.0. The van der Waals surface area contributed by atoms with E-state index in [2.05, 4.69) is 10.6 Å². The summed E-state index contributed by atoms with van der Waals surface area (Å²) in [5, 5.41) is 5.71. The zero-order chi connectivity index (χ0) is 20.5. The molecule has 3 amide bonds. The Morgan fingerprint density at radius 1 is 1.00 bits per heavy atom. The Balaban J connectivity index is 2.05. The van der Waals surface area contributed by atoms with Gasteiger partial charge in [0.25, 0.3) is 0 Å². The van der Waals surface area contributed by atoms with Crippen molar-refractivity contribution in [2.75, 3.05) is 11.9 Å². The van der Waals surface area contributed by atoms with Gasteiger partial charge in [0.2, 0.25) is 17.7 Å². The van der Waals surface area contributed by atoms with Crippen LogP contribution in [0.15, 0.2) is 54.6 Å². The number of hydrogen-bond acceptors (Lipinski definition) is 3. The number of anilines is 1. The average molecular weight is 381 g/mol. The number of benzene rings is 2. The lowest BCUT2D eigenvalue weighted by molar-refractivity contribution is -0.129. The van der Waals surface area contributed by atoms with Crippen LogP contribution in [0.25, 0.3) is 0 Å². The smallest absolute Gasteiger partial charge is 0.226 e. The van der Waals surface area contributed by atoms with Crippen molar-refractivity contribution in [3.63, 3.8) is 0 Å². The lowest BCUT2D eigenvalue weighted by Crippen LogP contribution is -2.29. The zero-order valence-corrected chi connectivity index (χ0v) is 16.6. The van der Waals surface area contributed by atoms with Gasteiger partial charge in [0.1, 0.15) is 0 Å².